The molecule has 1 heterocycles. The molecule has 33 heavy (non-hydrogen) atoms. The minimum absolute atomic E-state index is 0.0805. The van der Waals surface area contributed by atoms with Gasteiger partial charge in [0.15, 0.2) is 0 Å². The lowest BCUT2D eigenvalue weighted by Crippen LogP contribution is -2.38. The summed E-state index contributed by atoms with van der Waals surface area (Å²) in [7, 11) is 0. The first-order chi connectivity index (χ1) is 15.5. The molecule has 0 saturated heterocycles. The molecular formula is C19H28ClN3O8S2. The smallest absolute Gasteiger partial charge is 0.333 e. The lowest BCUT2D eigenvalue weighted by atomic mass is 10.2. The van der Waals surface area contributed by atoms with Gasteiger partial charge in [-0.3, -0.25) is 14.4 Å². The number of halogens is 1. The van der Waals surface area contributed by atoms with Crippen molar-refractivity contribution in [3.8, 4) is 18.0 Å². The Hall–Kier alpha value is -1.99. The van der Waals surface area contributed by atoms with Crippen molar-refractivity contribution in [1.82, 2.24) is 15.0 Å². The summed E-state index contributed by atoms with van der Waals surface area (Å²) in [6, 6.07) is -0.538. The van der Waals surface area contributed by atoms with Crippen molar-refractivity contribution in [3.05, 3.63) is 0 Å². The van der Waals surface area contributed by atoms with Gasteiger partial charge in [0.2, 0.25) is 0 Å². The van der Waals surface area contributed by atoms with Crippen molar-refractivity contribution < 1.29 is 38.8 Å². The van der Waals surface area contributed by atoms with Gasteiger partial charge in [0.05, 0.1) is 13.2 Å². The van der Waals surface area contributed by atoms with Gasteiger partial charge in [-0.25, -0.2) is 0 Å². The number of hydrogen-bond donors (Lipinski definition) is 2. The maximum Gasteiger partial charge on any atom is 0.333 e. The summed E-state index contributed by atoms with van der Waals surface area (Å²) in [4.78, 5) is 46.4. The van der Waals surface area contributed by atoms with Crippen LogP contribution in [0.15, 0.2) is 0 Å². The van der Waals surface area contributed by atoms with Crippen molar-refractivity contribution >= 4 is 53.0 Å². The van der Waals surface area contributed by atoms with Crippen LogP contribution >= 0.6 is 35.1 Å². The van der Waals surface area contributed by atoms with Crippen LogP contribution in [0, 0.1) is 0 Å². The summed E-state index contributed by atoms with van der Waals surface area (Å²) < 4.78 is 15.3. The minimum Gasteiger partial charge on any atom is -0.480 e. The first-order valence-electron chi connectivity index (χ1n) is 10.00. The minimum atomic E-state index is -1.19. The average molecular weight is 526 g/mol. The molecule has 0 saturated carbocycles. The fourth-order valence-corrected chi connectivity index (χ4v) is 4.69. The number of esters is 1. The Morgan fingerprint density at radius 2 is 1.52 bits per heavy atom. The number of thioether (sulfide) groups is 2. The van der Waals surface area contributed by atoms with Crippen molar-refractivity contribution in [1.29, 1.82) is 0 Å². The van der Waals surface area contributed by atoms with Crippen LogP contribution in [-0.2, 0) is 14.4 Å². The molecular weight excluding hydrogens is 498 g/mol. The quantitative estimate of drug-likeness (QED) is 0.196. The number of aromatic nitrogens is 3. The molecule has 0 spiro atoms. The summed E-state index contributed by atoms with van der Waals surface area (Å²) in [5, 5.41) is 16.8. The Bertz CT molecular complexity index is 810. The number of aliphatic carboxylic acids is 2. The molecule has 2 unspecified atom stereocenters. The molecule has 1 aromatic rings. The predicted molar refractivity (Wildman–Crippen MR) is 125 cm³/mol. The van der Waals surface area contributed by atoms with E-state index in [1.807, 2.05) is 27.7 Å². The van der Waals surface area contributed by atoms with Crippen LogP contribution in [0.3, 0.4) is 0 Å². The fourth-order valence-electron chi connectivity index (χ4n) is 2.16. The van der Waals surface area contributed by atoms with Gasteiger partial charge in [0.25, 0.3) is 0 Å². The fraction of sp³-hybridized carbons (Fsp3) is 0.684. The van der Waals surface area contributed by atoms with Crippen LogP contribution in [-0.4, -0.2) is 83.2 Å². The van der Waals surface area contributed by atoms with Crippen LogP contribution in [0.25, 0.3) is 0 Å². The Labute approximate surface area is 205 Å². The highest BCUT2D eigenvalue weighted by Crippen LogP contribution is 2.34. The number of carbonyl (C=O) groups is 3. The molecule has 14 heteroatoms. The van der Waals surface area contributed by atoms with E-state index in [0.717, 1.165) is 23.5 Å². The van der Waals surface area contributed by atoms with Crippen LogP contribution < -0.4 is 14.2 Å². The highest BCUT2D eigenvalue weighted by Gasteiger charge is 2.37. The average Bonchev–Trinajstić information content (AvgIpc) is 2.72. The first-order valence-corrected chi connectivity index (χ1v) is 12.5. The lowest BCUT2D eigenvalue weighted by Gasteiger charge is -2.26. The molecule has 0 radical (unpaired) electrons. The Balaban J connectivity index is 2.71. The van der Waals surface area contributed by atoms with E-state index < -0.39 is 33.2 Å². The number of carboxylic acid groups (broad SMARTS) is 2. The van der Waals surface area contributed by atoms with E-state index in [4.69, 9.17) is 25.8 Å². The zero-order chi connectivity index (χ0) is 25.0. The van der Waals surface area contributed by atoms with Gasteiger partial charge >= 0.3 is 35.9 Å². The molecule has 186 valence electrons. The number of hydrogen-bond acceptors (Lipinski definition) is 11. The molecule has 11 nitrogen and oxygen atoms in total. The third-order valence-corrected chi connectivity index (χ3v) is 6.57. The zero-order valence-electron chi connectivity index (χ0n) is 18.8. The van der Waals surface area contributed by atoms with Crippen LogP contribution in [0.2, 0.25) is 0 Å². The van der Waals surface area contributed by atoms with E-state index in [0.29, 0.717) is 25.2 Å². The summed E-state index contributed by atoms with van der Waals surface area (Å²) in [6.45, 7) is 7.81. The third-order valence-electron chi connectivity index (χ3n) is 3.38. The lowest BCUT2D eigenvalue weighted by molar-refractivity contribution is -0.142. The Morgan fingerprint density at radius 1 is 0.970 bits per heavy atom. The molecule has 0 aliphatic rings. The first kappa shape index (κ1) is 29.0. The second kappa shape index (κ2) is 14.3. The maximum atomic E-state index is 11.7. The molecule has 2 atom stereocenters. The zero-order valence-corrected chi connectivity index (χ0v) is 21.2. The number of rotatable bonds is 15. The second-order valence-electron chi connectivity index (χ2n) is 7.46. The van der Waals surface area contributed by atoms with Gasteiger partial charge in [0, 0.05) is 4.75 Å². The summed E-state index contributed by atoms with van der Waals surface area (Å²) >= 11 is 7.54. The predicted octanol–water partition coefficient (Wildman–Crippen LogP) is 2.74. The van der Waals surface area contributed by atoms with Gasteiger partial charge in [0.1, 0.15) is 16.4 Å². The van der Waals surface area contributed by atoms with E-state index >= 15 is 0 Å². The number of nitrogens with zero attached hydrogens (tertiary/aromatic N) is 3. The summed E-state index contributed by atoms with van der Waals surface area (Å²) in [5.41, 5.74) is 0. The standard InChI is InChI=1S/C19H28ClN3O8S2/c1-5-7-29-16-21-17(23-18(22-16)31-11(24)10-20)30-8-6-9-32-12(14(25)26)13(15(27)28)33-19(2,3)4/h12-13H,5-10H2,1-4H3,(H,25,26)(H,27,28). The molecule has 0 amide bonds. The second-order valence-corrected chi connectivity index (χ2v) is 10.9. The van der Waals surface area contributed by atoms with E-state index in [1.165, 1.54) is 0 Å². The van der Waals surface area contributed by atoms with Crippen molar-refractivity contribution in [2.24, 2.45) is 0 Å². The molecule has 0 aliphatic carbocycles. The number of alkyl halides is 1. The van der Waals surface area contributed by atoms with Crippen molar-refractivity contribution in [2.75, 3.05) is 24.8 Å². The summed E-state index contributed by atoms with van der Waals surface area (Å²) in [5.74, 6) is -3.18. The van der Waals surface area contributed by atoms with Crippen molar-refractivity contribution in [2.45, 2.75) is 55.8 Å². The van der Waals surface area contributed by atoms with E-state index in [1.54, 1.807) is 0 Å². The number of ether oxygens (including phenoxy) is 3. The molecule has 1 rings (SSSR count). The van der Waals surface area contributed by atoms with Gasteiger partial charge in [-0.2, -0.15) is 0 Å². The molecule has 0 bridgehead atoms. The number of carbonyl (C=O) groups excluding carboxylic acids is 1. The number of carboxylic acids is 2. The van der Waals surface area contributed by atoms with Gasteiger partial charge in [-0.15, -0.1) is 50.1 Å². The van der Waals surface area contributed by atoms with Gasteiger partial charge in [-0.1, -0.05) is 27.7 Å². The topological polar surface area (TPSA) is 158 Å². The third kappa shape index (κ3) is 11.6. The van der Waals surface area contributed by atoms with Gasteiger partial charge in [-0.05, 0) is 18.6 Å². The monoisotopic (exact) mass is 525 g/mol. The van der Waals surface area contributed by atoms with E-state index in [-0.39, 0.29) is 30.5 Å². The normalized spacial score (nSPS) is 13.1. The van der Waals surface area contributed by atoms with Crippen LogP contribution in [0.4, 0.5) is 0 Å². The highest BCUT2D eigenvalue weighted by atomic mass is 35.5. The SMILES string of the molecule is CCCOc1nc(OCCCSC(C(=O)O)C(SC(C)(C)C)C(=O)O)nc(OC(=O)CCl)n1. The van der Waals surface area contributed by atoms with E-state index in [9.17, 15) is 24.6 Å². The molecule has 1 aromatic heterocycles. The van der Waals surface area contributed by atoms with E-state index in [2.05, 4.69) is 15.0 Å². The summed E-state index contributed by atoms with van der Waals surface area (Å²) in [6.07, 6.45) is 1.08. The van der Waals surface area contributed by atoms with Crippen LogP contribution in [0.5, 0.6) is 18.0 Å². The Morgan fingerprint density at radius 3 is 2.00 bits per heavy atom. The van der Waals surface area contributed by atoms with Crippen molar-refractivity contribution in [3.63, 3.8) is 0 Å². The largest absolute Gasteiger partial charge is 0.480 e. The molecule has 2 N–H and O–H groups in total. The van der Waals surface area contributed by atoms with Gasteiger partial charge < -0.3 is 24.4 Å². The molecule has 0 aliphatic heterocycles. The Kier molecular flexibility index (Phi) is 12.6. The highest BCUT2D eigenvalue weighted by molar-refractivity contribution is 8.05. The maximum absolute atomic E-state index is 11.7. The molecule has 0 aromatic carbocycles. The van der Waals surface area contributed by atoms with Crippen LogP contribution in [0.1, 0.15) is 40.5 Å². The molecule has 0 fully saturated rings.